The highest BCUT2D eigenvalue weighted by atomic mass is 14.5. The molecule has 1 aromatic carbocycles. The first-order chi connectivity index (χ1) is 5.30. The molecular formula is C11H14. The van der Waals surface area contributed by atoms with E-state index in [0.29, 0.717) is 0 Å². The summed E-state index contributed by atoms with van der Waals surface area (Å²) in [6.07, 6.45) is 0. The van der Waals surface area contributed by atoms with E-state index >= 15 is 0 Å². The Hall–Kier alpha value is -0.780. The van der Waals surface area contributed by atoms with Crippen LogP contribution in [0.25, 0.3) is 0 Å². The van der Waals surface area contributed by atoms with E-state index in [1.807, 2.05) is 0 Å². The molecule has 11 heavy (non-hydrogen) atoms. The van der Waals surface area contributed by atoms with Crippen LogP contribution in [0.1, 0.15) is 25.3 Å². The number of rotatable bonds is 1. The number of benzene rings is 1. The Bertz CT molecular complexity index is 229. The van der Waals surface area contributed by atoms with Crippen molar-refractivity contribution in [3.05, 3.63) is 35.9 Å². The highest BCUT2D eigenvalue weighted by Gasteiger charge is 2.43. The highest BCUT2D eigenvalue weighted by molar-refractivity contribution is 5.26. The van der Waals surface area contributed by atoms with Gasteiger partial charge in [-0.05, 0) is 23.3 Å². The summed E-state index contributed by atoms with van der Waals surface area (Å²) >= 11 is 0. The minimum Gasteiger partial charge on any atom is -0.0622 e. The molecule has 2 unspecified atom stereocenters. The molecule has 0 nitrogen and oxygen atoms in total. The summed E-state index contributed by atoms with van der Waals surface area (Å²) in [5.41, 5.74) is 1.52. The summed E-state index contributed by atoms with van der Waals surface area (Å²) in [7, 11) is 0. The molecule has 1 aliphatic carbocycles. The zero-order chi connectivity index (χ0) is 7.84. The molecule has 58 valence electrons. The lowest BCUT2D eigenvalue weighted by molar-refractivity contribution is 0.834. The van der Waals surface area contributed by atoms with E-state index in [0.717, 1.165) is 17.8 Å². The lowest BCUT2D eigenvalue weighted by Gasteiger charge is -1.95. The van der Waals surface area contributed by atoms with Crippen molar-refractivity contribution in [1.82, 2.24) is 0 Å². The summed E-state index contributed by atoms with van der Waals surface area (Å²) in [5.74, 6) is 2.64. The second-order valence-electron chi connectivity index (χ2n) is 3.65. The van der Waals surface area contributed by atoms with Crippen LogP contribution >= 0.6 is 0 Å². The van der Waals surface area contributed by atoms with Gasteiger partial charge in [-0.15, -0.1) is 0 Å². The van der Waals surface area contributed by atoms with Crippen molar-refractivity contribution in [3.8, 4) is 0 Å². The van der Waals surface area contributed by atoms with Crippen LogP contribution < -0.4 is 0 Å². The monoisotopic (exact) mass is 146 g/mol. The van der Waals surface area contributed by atoms with Crippen molar-refractivity contribution in [2.45, 2.75) is 19.8 Å². The van der Waals surface area contributed by atoms with Gasteiger partial charge < -0.3 is 0 Å². The van der Waals surface area contributed by atoms with Gasteiger partial charge >= 0.3 is 0 Å². The molecule has 0 spiro atoms. The van der Waals surface area contributed by atoms with Crippen molar-refractivity contribution < 1.29 is 0 Å². The smallest absolute Gasteiger partial charge is 0.0105 e. The molecule has 0 saturated heterocycles. The molecule has 0 N–H and O–H groups in total. The Labute approximate surface area is 68.3 Å². The van der Waals surface area contributed by atoms with Crippen LogP contribution in [0.2, 0.25) is 0 Å². The zero-order valence-electron chi connectivity index (χ0n) is 7.12. The summed E-state index contributed by atoms with van der Waals surface area (Å²) in [6, 6.07) is 10.8. The van der Waals surface area contributed by atoms with Crippen molar-refractivity contribution in [3.63, 3.8) is 0 Å². The van der Waals surface area contributed by atoms with Gasteiger partial charge in [-0.1, -0.05) is 44.2 Å². The van der Waals surface area contributed by atoms with Crippen LogP contribution in [-0.4, -0.2) is 0 Å². The fourth-order valence-corrected chi connectivity index (χ4v) is 1.95. The van der Waals surface area contributed by atoms with E-state index in [2.05, 4.69) is 44.2 Å². The van der Waals surface area contributed by atoms with E-state index in [1.54, 1.807) is 0 Å². The molecule has 0 aliphatic heterocycles. The highest BCUT2D eigenvalue weighted by Crippen LogP contribution is 2.52. The molecule has 2 atom stereocenters. The average molecular weight is 146 g/mol. The molecule has 0 heterocycles. The van der Waals surface area contributed by atoms with Gasteiger partial charge in [-0.2, -0.15) is 0 Å². The third-order valence-corrected chi connectivity index (χ3v) is 3.01. The first kappa shape index (κ1) is 6.90. The molecule has 1 saturated carbocycles. The lowest BCUT2D eigenvalue weighted by atomic mass is 10.1. The maximum absolute atomic E-state index is 2.34. The van der Waals surface area contributed by atoms with E-state index < -0.39 is 0 Å². The largest absolute Gasteiger partial charge is 0.0622 e. The van der Waals surface area contributed by atoms with Gasteiger partial charge in [0.2, 0.25) is 0 Å². The van der Waals surface area contributed by atoms with E-state index in [1.165, 1.54) is 5.56 Å². The fraction of sp³-hybridized carbons (Fsp3) is 0.455. The maximum atomic E-state index is 2.34. The predicted molar refractivity (Wildman–Crippen MR) is 47.5 cm³/mol. The van der Waals surface area contributed by atoms with Crippen molar-refractivity contribution in [1.29, 1.82) is 0 Å². The predicted octanol–water partition coefficient (Wildman–Crippen LogP) is 3.06. The normalized spacial score (nSPS) is 35.3. The first-order valence-corrected chi connectivity index (χ1v) is 4.35. The molecule has 0 bridgehead atoms. The minimum atomic E-state index is 0.844. The summed E-state index contributed by atoms with van der Waals surface area (Å²) < 4.78 is 0. The molecule has 0 heteroatoms. The summed E-state index contributed by atoms with van der Waals surface area (Å²) in [5, 5.41) is 0. The van der Waals surface area contributed by atoms with Gasteiger partial charge in [0, 0.05) is 0 Å². The van der Waals surface area contributed by atoms with Gasteiger partial charge in [0.05, 0.1) is 0 Å². The Morgan fingerprint density at radius 1 is 0.909 bits per heavy atom. The van der Waals surface area contributed by atoms with Crippen molar-refractivity contribution in [2.24, 2.45) is 11.8 Å². The van der Waals surface area contributed by atoms with Crippen molar-refractivity contribution in [2.75, 3.05) is 0 Å². The van der Waals surface area contributed by atoms with Gasteiger partial charge in [0.25, 0.3) is 0 Å². The second-order valence-corrected chi connectivity index (χ2v) is 3.65. The Balaban J connectivity index is 2.20. The average Bonchev–Trinajstić information content (AvgIpc) is 2.62. The van der Waals surface area contributed by atoms with Crippen LogP contribution in [0.4, 0.5) is 0 Å². The fourth-order valence-electron chi connectivity index (χ4n) is 1.95. The van der Waals surface area contributed by atoms with Crippen LogP contribution in [0.3, 0.4) is 0 Å². The number of hydrogen-bond donors (Lipinski definition) is 0. The zero-order valence-corrected chi connectivity index (χ0v) is 7.12. The SMILES string of the molecule is CC1C(C)C1c1ccccc1. The standard InChI is InChI=1S/C11H14/c1-8-9(2)11(8)10-6-4-3-5-7-10/h3-9,11H,1-2H3. The number of hydrogen-bond acceptors (Lipinski definition) is 0. The van der Waals surface area contributed by atoms with E-state index in [4.69, 9.17) is 0 Å². The Morgan fingerprint density at radius 2 is 1.45 bits per heavy atom. The Kier molecular flexibility index (Phi) is 1.49. The van der Waals surface area contributed by atoms with Gasteiger partial charge in [0.15, 0.2) is 0 Å². The maximum Gasteiger partial charge on any atom is -0.0105 e. The van der Waals surface area contributed by atoms with Gasteiger partial charge in [-0.3, -0.25) is 0 Å². The first-order valence-electron chi connectivity index (χ1n) is 4.35. The van der Waals surface area contributed by atoms with E-state index in [9.17, 15) is 0 Å². The van der Waals surface area contributed by atoms with Crippen LogP contribution in [0.15, 0.2) is 30.3 Å². The lowest BCUT2D eigenvalue weighted by Crippen LogP contribution is -1.78. The molecule has 1 aromatic rings. The van der Waals surface area contributed by atoms with Crippen LogP contribution in [0, 0.1) is 11.8 Å². The second kappa shape index (κ2) is 2.37. The minimum absolute atomic E-state index is 0.844. The molecule has 0 radical (unpaired) electrons. The van der Waals surface area contributed by atoms with Crippen molar-refractivity contribution >= 4 is 0 Å². The summed E-state index contributed by atoms with van der Waals surface area (Å²) in [4.78, 5) is 0. The van der Waals surface area contributed by atoms with Gasteiger partial charge in [0.1, 0.15) is 0 Å². The quantitative estimate of drug-likeness (QED) is 0.571. The van der Waals surface area contributed by atoms with Crippen LogP contribution in [0.5, 0.6) is 0 Å². The van der Waals surface area contributed by atoms with Crippen LogP contribution in [-0.2, 0) is 0 Å². The molecule has 1 fully saturated rings. The van der Waals surface area contributed by atoms with E-state index in [-0.39, 0.29) is 0 Å². The third kappa shape index (κ3) is 1.07. The topological polar surface area (TPSA) is 0 Å². The molecule has 0 aromatic heterocycles. The molecule has 0 amide bonds. The molecular weight excluding hydrogens is 132 g/mol. The molecule has 2 rings (SSSR count). The third-order valence-electron chi connectivity index (χ3n) is 3.01. The van der Waals surface area contributed by atoms with Gasteiger partial charge in [-0.25, -0.2) is 0 Å². The Morgan fingerprint density at radius 3 is 1.91 bits per heavy atom. The summed E-state index contributed by atoms with van der Waals surface area (Å²) in [6.45, 7) is 4.67. The molecule has 1 aliphatic rings.